The van der Waals surface area contributed by atoms with E-state index in [0.717, 1.165) is 12.8 Å². The van der Waals surface area contributed by atoms with Crippen LogP contribution >= 0.6 is 0 Å². The maximum absolute atomic E-state index is 2.43. The highest BCUT2D eigenvalue weighted by Gasteiger charge is 2.17. The molecule has 0 heterocycles. The molecule has 37 heavy (non-hydrogen) atoms. The number of hydrogen-bond donors (Lipinski definition) is 0. The van der Waals surface area contributed by atoms with Crippen LogP contribution in [0.3, 0.4) is 0 Å². The summed E-state index contributed by atoms with van der Waals surface area (Å²) in [5, 5.41) is 2.73. The monoisotopic (exact) mass is 483 g/mol. The van der Waals surface area contributed by atoms with E-state index < -0.39 is 0 Å². The Morgan fingerprint density at radius 1 is 0.514 bits per heavy atom. The van der Waals surface area contributed by atoms with Crippen LogP contribution in [0.5, 0.6) is 0 Å². The highest BCUT2D eigenvalue weighted by molar-refractivity contribution is 5.93. The van der Waals surface area contributed by atoms with Crippen molar-refractivity contribution in [2.45, 2.75) is 52.4 Å². The van der Waals surface area contributed by atoms with Crippen LogP contribution in [0.15, 0.2) is 115 Å². The molecular weight excluding hydrogens is 446 g/mol. The van der Waals surface area contributed by atoms with Crippen molar-refractivity contribution in [2.75, 3.05) is 4.90 Å². The van der Waals surface area contributed by atoms with Crippen LogP contribution in [-0.2, 0) is 12.8 Å². The summed E-state index contributed by atoms with van der Waals surface area (Å²) in [4.78, 5) is 2.37. The van der Waals surface area contributed by atoms with Crippen LogP contribution in [0, 0.1) is 0 Å². The first-order valence-electron chi connectivity index (χ1n) is 13.8. The van der Waals surface area contributed by atoms with Crippen molar-refractivity contribution in [3.8, 4) is 11.1 Å². The van der Waals surface area contributed by atoms with Crippen LogP contribution < -0.4 is 4.90 Å². The Morgan fingerprint density at radius 2 is 1.11 bits per heavy atom. The molecule has 0 aliphatic heterocycles. The summed E-state index contributed by atoms with van der Waals surface area (Å²) in [6.07, 6.45) is 6.97. The minimum Gasteiger partial charge on any atom is -0.310 e. The molecule has 186 valence electrons. The molecule has 5 aromatic rings. The largest absolute Gasteiger partial charge is 0.310 e. The molecule has 0 radical (unpaired) electrons. The van der Waals surface area contributed by atoms with Gasteiger partial charge in [-0.1, -0.05) is 106 Å². The molecule has 0 N–H and O–H groups in total. The normalized spacial score (nSPS) is 11.1. The molecular formula is C36H37N. The molecule has 1 heteroatoms. The molecule has 5 aromatic carbocycles. The lowest BCUT2D eigenvalue weighted by Gasteiger charge is -2.27. The van der Waals surface area contributed by atoms with Crippen molar-refractivity contribution in [1.29, 1.82) is 0 Å². The van der Waals surface area contributed by atoms with Crippen molar-refractivity contribution in [2.24, 2.45) is 0 Å². The fourth-order valence-electron chi connectivity index (χ4n) is 5.37. The second-order valence-corrected chi connectivity index (χ2v) is 9.87. The molecule has 0 unspecified atom stereocenters. The van der Waals surface area contributed by atoms with Crippen LogP contribution in [0.1, 0.15) is 50.7 Å². The summed E-state index contributed by atoms with van der Waals surface area (Å²) in [5.41, 5.74) is 9.28. The predicted octanol–water partition coefficient (Wildman–Crippen LogP) is 10.7. The Balaban J connectivity index is 1.67. The van der Waals surface area contributed by atoms with Gasteiger partial charge in [-0.3, -0.25) is 0 Å². The number of fused-ring (bicyclic) bond motifs is 1. The van der Waals surface area contributed by atoms with Gasteiger partial charge in [-0.2, -0.15) is 0 Å². The van der Waals surface area contributed by atoms with Gasteiger partial charge in [-0.15, -0.1) is 0 Å². The van der Waals surface area contributed by atoms with Gasteiger partial charge in [-0.25, -0.2) is 0 Å². The van der Waals surface area contributed by atoms with Gasteiger partial charge in [0.15, 0.2) is 0 Å². The average molecular weight is 484 g/mol. The van der Waals surface area contributed by atoms with E-state index in [1.807, 2.05) is 0 Å². The van der Waals surface area contributed by atoms with E-state index in [1.54, 1.807) is 0 Å². The van der Waals surface area contributed by atoms with Gasteiger partial charge in [0.05, 0.1) is 0 Å². The average Bonchev–Trinajstić information content (AvgIpc) is 2.96. The summed E-state index contributed by atoms with van der Waals surface area (Å²) >= 11 is 0. The number of unbranched alkanes of at least 4 members (excludes halogenated alkanes) is 2. The number of anilines is 3. The number of aryl methyl sites for hydroxylation is 2. The lowest BCUT2D eigenvalue weighted by atomic mass is 9.87. The van der Waals surface area contributed by atoms with Gasteiger partial charge in [0.1, 0.15) is 0 Å². The van der Waals surface area contributed by atoms with E-state index in [9.17, 15) is 0 Å². The molecule has 5 rings (SSSR count). The fraction of sp³-hybridized carbons (Fsp3) is 0.222. The standard InChI is InChI=1S/C36H37N/c1-3-5-15-29-27-32(37(30-17-9-7-10-18-30)31-19-11-8-12-20-31)24-26-34(29)36-25-23-28-16-13-14-22-33(28)35(36)21-6-4-2/h7-14,16-20,22-27H,3-6,15,21H2,1-2H3. The maximum Gasteiger partial charge on any atom is 0.0464 e. The SMILES string of the molecule is CCCCc1cc(N(c2ccccc2)c2ccccc2)ccc1-c1ccc2ccccc2c1CCCC. The molecule has 0 aliphatic carbocycles. The number of rotatable bonds is 10. The summed E-state index contributed by atoms with van der Waals surface area (Å²) in [7, 11) is 0. The fourth-order valence-corrected chi connectivity index (χ4v) is 5.37. The van der Waals surface area contributed by atoms with Crippen LogP contribution in [-0.4, -0.2) is 0 Å². The Morgan fingerprint density at radius 3 is 1.78 bits per heavy atom. The van der Waals surface area contributed by atoms with Gasteiger partial charge in [0.25, 0.3) is 0 Å². The Bertz CT molecular complexity index is 1400. The third-order valence-electron chi connectivity index (χ3n) is 7.29. The highest BCUT2D eigenvalue weighted by atomic mass is 15.1. The van der Waals surface area contributed by atoms with E-state index in [2.05, 4.69) is 134 Å². The predicted molar refractivity (Wildman–Crippen MR) is 161 cm³/mol. The van der Waals surface area contributed by atoms with Gasteiger partial charge < -0.3 is 4.90 Å². The first-order chi connectivity index (χ1) is 18.3. The van der Waals surface area contributed by atoms with E-state index in [0.29, 0.717) is 0 Å². The lowest BCUT2D eigenvalue weighted by Crippen LogP contribution is -2.10. The minimum absolute atomic E-state index is 1.08. The third kappa shape index (κ3) is 5.47. The zero-order valence-electron chi connectivity index (χ0n) is 22.2. The van der Waals surface area contributed by atoms with Gasteiger partial charge in [0.2, 0.25) is 0 Å². The smallest absolute Gasteiger partial charge is 0.0464 e. The van der Waals surface area contributed by atoms with Crippen LogP contribution in [0.25, 0.3) is 21.9 Å². The van der Waals surface area contributed by atoms with E-state index in [1.165, 1.54) is 75.8 Å². The molecule has 0 saturated carbocycles. The van der Waals surface area contributed by atoms with Crippen molar-refractivity contribution >= 4 is 27.8 Å². The highest BCUT2D eigenvalue weighted by Crippen LogP contribution is 2.39. The summed E-state index contributed by atoms with van der Waals surface area (Å²) in [5.74, 6) is 0. The Kier molecular flexibility index (Phi) is 8.01. The van der Waals surface area contributed by atoms with Crippen molar-refractivity contribution in [3.05, 3.63) is 126 Å². The molecule has 0 aromatic heterocycles. The molecule has 0 saturated heterocycles. The molecule has 0 spiro atoms. The zero-order chi connectivity index (χ0) is 25.5. The minimum atomic E-state index is 1.08. The summed E-state index contributed by atoms with van der Waals surface area (Å²) in [6.45, 7) is 4.57. The van der Waals surface area contributed by atoms with Gasteiger partial charge in [-0.05, 0) is 95.1 Å². The van der Waals surface area contributed by atoms with E-state index in [4.69, 9.17) is 0 Å². The first-order valence-corrected chi connectivity index (χ1v) is 13.8. The Labute approximate surface area is 222 Å². The van der Waals surface area contributed by atoms with Crippen LogP contribution in [0.2, 0.25) is 0 Å². The molecule has 0 amide bonds. The molecule has 1 nitrogen and oxygen atoms in total. The molecule has 0 bridgehead atoms. The van der Waals surface area contributed by atoms with Crippen LogP contribution in [0.4, 0.5) is 17.1 Å². The second-order valence-electron chi connectivity index (χ2n) is 9.87. The summed E-state index contributed by atoms with van der Waals surface area (Å²) < 4.78 is 0. The van der Waals surface area contributed by atoms with E-state index >= 15 is 0 Å². The van der Waals surface area contributed by atoms with Gasteiger partial charge >= 0.3 is 0 Å². The number of nitrogens with zero attached hydrogens (tertiary/aromatic N) is 1. The van der Waals surface area contributed by atoms with Gasteiger partial charge in [0, 0.05) is 17.1 Å². The van der Waals surface area contributed by atoms with E-state index in [-0.39, 0.29) is 0 Å². The number of para-hydroxylation sites is 2. The molecule has 0 aliphatic rings. The number of benzene rings is 5. The topological polar surface area (TPSA) is 3.24 Å². The molecule has 0 fully saturated rings. The first kappa shape index (κ1) is 24.8. The number of hydrogen-bond acceptors (Lipinski definition) is 1. The lowest BCUT2D eigenvalue weighted by molar-refractivity contribution is 0.793. The third-order valence-corrected chi connectivity index (χ3v) is 7.29. The zero-order valence-corrected chi connectivity index (χ0v) is 22.2. The van der Waals surface area contributed by atoms with Crippen molar-refractivity contribution in [3.63, 3.8) is 0 Å². The Hall–Kier alpha value is -3.84. The maximum atomic E-state index is 2.43. The van der Waals surface area contributed by atoms with Crippen molar-refractivity contribution < 1.29 is 0 Å². The quantitative estimate of drug-likeness (QED) is 0.191. The second kappa shape index (κ2) is 11.9. The van der Waals surface area contributed by atoms with Crippen molar-refractivity contribution in [1.82, 2.24) is 0 Å². The molecule has 0 atom stereocenters. The summed E-state index contributed by atoms with van der Waals surface area (Å²) in [6, 6.07) is 42.1.